The molecule has 0 spiro atoms. The molecule has 5 nitrogen and oxygen atoms in total. The van der Waals surface area contributed by atoms with Crippen LogP contribution in [0.3, 0.4) is 0 Å². The lowest BCUT2D eigenvalue weighted by molar-refractivity contribution is 0.135. The molecule has 0 radical (unpaired) electrons. The van der Waals surface area contributed by atoms with Crippen molar-refractivity contribution in [2.45, 2.75) is 18.7 Å². The van der Waals surface area contributed by atoms with E-state index in [9.17, 15) is 8.42 Å². The number of hydrogen-bond donors (Lipinski definition) is 0. The van der Waals surface area contributed by atoms with Gasteiger partial charge in [0.25, 0.3) is 0 Å². The molecule has 0 saturated heterocycles. The number of nitrogens with zero attached hydrogens (tertiary/aromatic N) is 1. The van der Waals surface area contributed by atoms with Crippen LogP contribution in [0, 0.1) is 0 Å². The summed E-state index contributed by atoms with van der Waals surface area (Å²) in [6, 6.07) is 4.93. The molecule has 20 heavy (non-hydrogen) atoms. The standard InChI is InChI=1S/C13H20BrNO4S/c1-4-15(8-9-19-5-2)20(16,17)13-10-11(14)6-7-12(13)18-3/h6-7,10H,4-5,8-9H2,1-3H3. The Morgan fingerprint density at radius 2 is 2.00 bits per heavy atom. The number of ether oxygens (including phenoxy) is 2. The zero-order valence-corrected chi connectivity index (χ0v) is 14.3. The fourth-order valence-corrected chi connectivity index (χ4v) is 3.88. The highest BCUT2D eigenvalue weighted by molar-refractivity contribution is 9.10. The fourth-order valence-electron chi connectivity index (χ4n) is 1.75. The Bertz CT molecular complexity index is 533. The lowest BCUT2D eigenvalue weighted by Gasteiger charge is -2.21. The van der Waals surface area contributed by atoms with E-state index in [0.717, 1.165) is 0 Å². The van der Waals surface area contributed by atoms with Crippen LogP contribution in [0.15, 0.2) is 27.6 Å². The first-order valence-corrected chi connectivity index (χ1v) is 8.62. The summed E-state index contributed by atoms with van der Waals surface area (Å²) in [5.41, 5.74) is 0. The first-order chi connectivity index (χ1) is 9.47. The third-order valence-corrected chi connectivity index (χ3v) is 5.27. The topological polar surface area (TPSA) is 55.8 Å². The molecule has 0 atom stereocenters. The number of hydrogen-bond acceptors (Lipinski definition) is 4. The third kappa shape index (κ3) is 4.18. The second-order valence-electron chi connectivity index (χ2n) is 3.99. The van der Waals surface area contributed by atoms with Crippen LogP contribution in [0.4, 0.5) is 0 Å². The summed E-state index contributed by atoms with van der Waals surface area (Å²) in [7, 11) is -2.14. The molecule has 7 heteroatoms. The van der Waals surface area contributed by atoms with Crippen LogP contribution in [0.1, 0.15) is 13.8 Å². The largest absolute Gasteiger partial charge is 0.495 e. The highest BCUT2D eigenvalue weighted by Crippen LogP contribution is 2.29. The molecule has 1 aromatic rings. The lowest BCUT2D eigenvalue weighted by Crippen LogP contribution is -2.34. The third-order valence-electron chi connectivity index (χ3n) is 2.79. The molecule has 1 rings (SSSR count). The molecule has 0 aromatic heterocycles. The summed E-state index contributed by atoms with van der Waals surface area (Å²) in [6.07, 6.45) is 0. The summed E-state index contributed by atoms with van der Waals surface area (Å²) < 4.78 is 37.8. The normalized spacial score (nSPS) is 11.8. The van der Waals surface area contributed by atoms with Crippen LogP contribution in [0.2, 0.25) is 0 Å². The van der Waals surface area contributed by atoms with E-state index in [4.69, 9.17) is 9.47 Å². The zero-order chi connectivity index (χ0) is 15.2. The Labute approximate surface area is 129 Å². The molecule has 0 unspecified atom stereocenters. The Hall–Kier alpha value is -0.630. The van der Waals surface area contributed by atoms with Crippen molar-refractivity contribution in [2.24, 2.45) is 0 Å². The molecule has 0 amide bonds. The number of sulfonamides is 1. The van der Waals surface area contributed by atoms with Crippen LogP contribution in [0.25, 0.3) is 0 Å². The van der Waals surface area contributed by atoms with Crippen molar-refractivity contribution in [1.82, 2.24) is 4.31 Å². The zero-order valence-electron chi connectivity index (χ0n) is 11.9. The molecule has 1 aromatic carbocycles. The van der Waals surface area contributed by atoms with Gasteiger partial charge in [-0.25, -0.2) is 8.42 Å². The maximum absolute atomic E-state index is 12.7. The van der Waals surface area contributed by atoms with Crippen molar-refractivity contribution >= 4 is 26.0 Å². The Kier molecular flexibility index (Phi) is 6.94. The highest BCUT2D eigenvalue weighted by Gasteiger charge is 2.26. The van der Waals surface area contributed by atoms with E-state index in [0.29, 0.717) is 36.5 Å². The van der Waals surface area contributed by atoms with Gasteiger partial charge < -0.3 is 9.47 Å². The first kappa shape index (κ1) is 17.4. The maximum atomic E-state index is 12.7. The number of rotatable bonds is 8. The van der Waals surface area contributed by atoms with Gasteiger partial charge >= 0.3 is 0 Å². The van der Waals surface area contributed by atoms with E-state index in [1.165, 1.54) is 11.4 Å². The summed E-state index contributed by atoms with van der Waals surface area (Å²) in [5.74, 6) is 0.336. The van der Waals surface area contributed by atoms with E-state index in [1.54, 1.807) is 25.1 Å². The number of benzene rings is 1. The molecule has 0 heterocycles. The quantitative estimate of drug-likeness (QED) is 0.664. The minimum Gasteiger partial charge on any atom is -0.495 e. The molecule has 0 bridgehead atoms. The molecule has 0 aliphatic rings. The van der Waals surface area contributed by atoms with E-state index in [2.05, 4.69) is 15.9 Å². The summed E-state index contributed by atoms with van der Waals surface area (Å²) in [4.78, 5) is 0.160. The second-order valence-corrected chi connectivity index (χ2v) is 6.81. The van der Waals surface area contributed by atoms with Crippen molar-refractivity contribution in [3.8, 4) is 5.75 Å². The minimum atomic E-state index is -3.60. The van der Waals surface area contributed by atoms with Crippen LogP contribution < -0.4 is 4.74 Å². The predicted molar refractivity (Wildman–Crippen MR) is 81.6 cm³/mol. The average molecular weight is 366 g/mol. The number of halogens is 1. The SMILES string of the molecule is CCOCCN(CC)S(=O)(=O)c1cc(Br)ccc1OC. The average Bonchev–Trinajstić information content (AvgIpc) is 2.43. The lowest BCUT2D eigenvalue weighted by atomic mass is 10.3. The van der Waals surface area contributed by atoms with Gasteiger partial charge in [0.1, 0.15) is 10.6 Å². The molecule has 0 N–H and O–H groups in total. The van der Waals surface area contributed by atoms with E-state index >= 15 is 0 Å². The highest BCUT2D eigenvalue weighted by atomic mass is 79.9. The molecule has 0 aliphatic carbocycles. The minimum absolute atomic E-state index is 0.160. The van der Waals surface area contributed by atoms with Crippen LogP contribution in [-0.2, 0) is 14.8 Å². The summed E-state index contributed by atoms with van der Waals surface area (Å²) >= 11 is 3.29. The number of likely N-dealkylation sites (N-methyl/N-ethyl adjacent to an activating group) is 1. The van der Waals surface area contributed by atoms with Crippen molar-refractivity contribution in [3.63, 3.8) is 0 Å². The fraction of sp³-hybridized carbons (Fsp3) is 0.538. The van der Waals surface area contributed by atoms with Gasteiger partial charge in [-0.2, -0.15) is 4.31 Å². The molecule has 0 aliphatic heterocycles. The Balaban J connectivity index is 3.10. The van der Waals surface area contributed by atoms with Crippen LogP contribution in [0.5, 0.6) is 5.75 Å². The Morgan fingerprint density at radius 3 is 2.55 bits per heavy atom. The van der Waals surface area contributed by atoms with Crippen molar-refractivity contribution in [3.05, 3.63) is 22.7 Å². The van der Waals surface area contributed by atoms with Gasteiger partial charge in [0.15, 0.2) is 0 Å². The van der Waals surface area contributed by atoms with Gasteiger partial charge in [0.2, 0.25) is 10.0 Å². The van der Waals surface area contributed by atoms with Gasteiger partial charge in [0.05, 0.1) is 13.7 Å². The molecule has 114 valence electrons. The smallest absolute Gasteiger partial charge is 0.246 e. The molecule has 0 fully saturated rings. The van der Waals surface area contributed by atoms with Crippen molar-refractivity contribution in [2.75, 3.05) is 33.4 Å². The van der Waals surface area contributed by atoms with Gasteiger partial charge in [-0.1, -0.05) is 22.9 Å². The Morgan fingerprint density at radius 1 is 1.30 bits per heavy atom. The van der Waals surface area contributed by atoms with Gasteiger partial charge in [-0.05, 0) is 25.1 Å². The van der Waals surface area contributed by atoms with E-state index in [1.807, 2.05) is 6.92 Å². The number of methoxy groups -OCH3 is 1. The second kappa shape index (κ2) is 7.97. The van der Waals surface area contributed by atoms with Crippen molar-refractivity contribution < 1.29 is 17.9 Å². The summed E-state index contributed by atoms with van der Waals surface area (Å²) in [6.45, 7) is 5.32. The van der Waals surface area contributed by atoms with Gasteiger partial charge in [-0.3, -0.25) is 0 Å². The van der Waals surface area contributed by atoms with Gasteiger partial charge in [-0.15, -0.1) is 0 Å². The van der Waals surface area contributed by atoms with Crippen LogP contribution in [-0.4, -0.2) is 46.1 Å². The van der Waals surface area contributed by atoms with Crippen molar-refractivity contribution in [1.29, 1.82) is 0 Å². The summed E-state index contributed by atoms with van der Waals surface area (Å²) in [5, 5.41) is 0. The predicted octanol–water partition coefficient (Wildman–Crippen LogP) is 2.50. The molecule has 0 saturated carbocycles. The van der Waals surface area contributed by atoms with Gasteiger partial charge in [0, 0.05) is 24.2 Å². The monoisotopic (exact) mass is 365 g/mol. The van der Waals surface area contributed by atoms with E-state index in [-0.39, 0.29) is 4.90 Å². The maximum Gasteiger partial charge on any atom is 0.246 e. The van der Waals surface area contributed by atoms with Crippen LogP contribution >= 0.6 is 15.9 Å². The van der Waals surface area contributed by atoms with E-state index < -0.39 is 10.0 Å². The molecular formula is C13H20BrNO4S. The first-order valence-electron chi connectivity index (χ1n) is 6.38. The molecular weight excluding hydrogens is 346 g/mol.